The summed E-state index contributed by atoms with van der Waals surface area (Å²) in [5, 5.41) is 6.05. The predicted octanol–water partition coefficient (Wildman–Crippen LogP) is 2.52. The zero-order chi connectivity index (χ0) is 15.9. The summed E-state index contributed by atoms with van der Waals surface area (Å²) >= 11 is 0. The molecule has 2 amide bonds. The second-order valence-corrected chi connectivity index (χ2v) is 6.44. The fourth-order valence-corrected chi connectivity index (χ4v) is 3.37. The molecular formula is C18H27N3O2. The van der Waals surface area contributed by atoms with Gasteiger partial charge in [-0.15, -0.1) is 0 Å². The summed E-state index contributed by atoms with van der Waals surface area (Å²) in [4.78, 5) is 14.3. The van der Waals surface area contributed by atoms with Crippen LogP contribution in [0.1, 0.15) is 32.1 Å². The van der Waals surface area contributed by atoms with E-state index >= 15 is 0 Å². The molecular weight excluding hydrogens is 290 g/mol. The number of nitrogens with zero attached hydrogens (tertiary/aromatic N) is 1. The lowest BCUT2D eigenvalue weighted by atomic mass is 10.1. The Labute approximate surface area is 138 Å². The average Bonchev–Trinajstić information content (AvgIpc) is 3.05. The van der Waals surface area contributed by atoms with Gasteiger partial charge >= 0.3 is 6.03 Å². The maximum atomic E-state index is 12.0. The van der Waals surface area contributed by atoms with Gasteiger partial charge in [-0.3, -0.25) is 0 Å². The summed E-state index contributed by atoms with van der Waals surface area (Å²) in [6.07, 6.45) is 5.77. The molecule has 2 aliphatic heterocycles. The van der Waals surface area contributed by atoms with Gasteiger partial charge in [0.1, 0.15) is 0 Å². The first kappa shape index (κ1) is 16.1. The van der Waals surface area contributed by atoms with Crippen molar-refractivity contribution in [2.75, 3.05) is 31.1 Å². The molecule has 2 atom stereocenters. The summed E-state index contributed by atoms with van der Waals surface area (Å²) in [6.45, 7) is 3.42. The van der Waals surface area contributed by atoms with Crippen LogP contribution in [0.3, 0.4) is 0 Å². The van der Waals surface area contributed by atoms with Crippen LogP contribution in [-0.4, -0.2) is 44.4 Å². The second kappa shape index (κ2) is 8.20. The van der Waals surface area contributed by atoms with Gasteiger partial charge in [-0.2, -0.15) is 0 Å². The molecule has 1 aromatic carbocycles. The number of anilines is 1. The highest BCUT2D eigenvalue weighted by atomic mass is 16.5. The van der Waals surface area contributed by atoms with Crippen molar-refractivity contribution in [3.63, 3.8) is 0 Å². The Kier molecular flexibility index (Phi) is 5.75. The Balaban J connectivity index is 1.34. The molecule has 126 valence electrons. The lowest BCUT2D eigenvalue weighted by Gasteiger charge is -2.23. The Morgan fingerprint density at radius 3 is 2.87 bits per heavy atom. The second-order valence-electron chi connectivity index (χ2n) is 6.44. The molecule has 2 N–H and O–H groups in total. The van der Waals surface area contributed by atoms with Crippen LogP contribution >= 0.6 is 0 Å². The standard InChI is InChI=1S/C18H27N3O2/c22-18(19-11-9-17-8-4-5-13-23-17)20-15-10-12-21(14-15)16-6-2-1-3-7-16/h1-3,6-7,15,17H,4-5,8-14H2,(H2,19,20,22)/t15-,17-/m1/s1. The molecule has 5 heteroatoms. The van der Waals surface area contributed by atoms with Gasteiger partial charge in [-0.1, -0.05) is 18.2 Å². The third kappa shape index (κ3) is 4.86. The summed E-state index contributed by atoms with van der Waals surface area (Å²) < 4.78 is 5.68. The first-order chi connectivity index (χ1) is 11.3. The maximum Gasteiger partial charge on any atom is 0.315 e. The van der Waals surface area contributed by atoms with E-state index in [9.17, 15) is 4.79 Å². The summed E-state index contributed by atoms with van der Waals surface area (Å²) in [5.41, 5.74) is 1.23. The summed E-state index contributed by atoms with van der Waals surface area (Å²) in [7, 11) is 0. The van der Waals surface area contributed by atoms with Crippen molar-refractivity contribution in [2.24, 2.45) is 0 Å². The van der Waals surface area contributed by atoms with Crippen LogP contribution in [0, 0.1) is 0 Å². The van der Waals surface area contributed by atoms with E-state index in [0.29, 0.717) is 12.6 Å². The van der Waals surface area contributed by atoms with E-state index in [1.807, 2.05) is 6.07 Å². The number of benzene rings is 1. The Hall–Kier alpha value is -1.75. The molecule has 2 heterocycles. The van der Waals surface area contributed by atoms with E-state index in [0.717, 1.165) is 39.0 Å². The third-order valence-corrected chi connectivity index (χ3v) is 4.67. The highest BCUT2D eigenvalue weighted by Crippen LogP contribution is 2.19. The van der Waals surface area contributed by atoms with Crippen molar-refractivity contribution in [1.82, 2.24) is 10.6 Å². The van der Waals surface area contributed by atoms with Crippen molar-refractivity contribution >= 4 is 11.7 Å². The van der Waals surface area contributed by atoms with Crippen molar-refractivity contribution in [1.29, 1.82) is 0 Å². The Morgan fingerprint density at radius 1 is 1.22 bits per heavy atom. The molecule has 0 spiro atoms. The van der Waals surface area contributed by atoms with Crippen molar-refractivity contribution in [3.05, 3.63) is 30.3 Å². The first-order valence-corrected chi connectivity index (χ1v) is 8.77. The van der Waals surface area contributed by atoms with Gasteiger partial charge in [-0.25, -0.2) is 4.79 Å². The summed E-state index contributed by atoms with van der Waals surface area (Å²) in [6, 6.07) is 10.5. The third-order valence-electron chi connectivity index (χ3n) is 4.67. The molecule has 0 aliphatic carbocycles. The fraction of sp³-hybridized carbons (Fsp3) is 0.611. The smallest absolute Gasteiger partial charge is 0.315 e. The Bertz CT molecular complexity index is 488. The predicted molar refractivity (Wildman–Crippen MR) is 91.8 cm³/mol. The van der Waals surface area contributed by atoms with Crippen LogP contribution in [0.25, 0.3) is 0 Å². The maximum absolute atomic E-state index is 12.0. The van der Waals surface area contributed by atoms with E-state index in [4.69, 9.17) is 4.74 Å². The number of urea groups is 1. The van der Waals surface area contributed by atoms with Crippen molar-refractivity contribution in [3.8, 4) is 0 Å². The average molecular weight is 317 g/mol. The SMILES string of the molecule is O=C(NCC[C@H]1CCCCO1)N[C@@H]1CCN(c2ccccc2)C1. The minimum Gasteiger partial charge on any atom is -0.378 e. The number of carbonyl (C=O) groups excluding carboxylic acids is 1. The van der Waals surface area contributed by atoms with Gasteiger partial charge in [0.15, 0.2) is 0 Å². The van der Waals surface area contributed by atoms with Crippen LogP contribution in [0.2, 0.25) is 0 Å². The van der Waals surface area contributed by atoms with Crippen LogP contribution < -0.4 is 15.5 Å². The van der Waals surface area contributed by atoms with Crippen LogP contribution in [0.4, 0.5) is 10.5 Å². The van der Waals surface area contributed by atoms with E-state index in [1.54, 1.807) is 0 Å². The fourth-order valence-electron chi connectivity index (χ4n) is 3.37. The largest absolute Gasteiger partial charge is 0.378 e. The number of para-hydroxylation sites is 1. The van der Waals surface area contributed by atoms with Gasteiger partial charge in [0.2, 0.25) is 0 Å². The normalized spacial score (nSPS) is 24.4. The van der Waals surface area contributed by atoms with Crippen molar-refractivity contribution in [2.45, 2.75) is 44.2 Å². The van der Waals surface area contributed by atoms with Crippen LogP contribution in [0.5, 0.6) is 0 Å². The molecule has 0 aromatic heterocycles. The van der Waals surface area contributed by atoms with Gasteiger partial charge in [0.05, 0.1) is 6.10 Å². The molecule has 0 unspecified atom stereocenters. The van der Waals surface area contributed by atoms with E-state index < -0.39 is 0 Å². The number of hydrogen-bond acceptors (Lipinski definition) is 3. The molecule has 0 bridgehead atoms. The minimum absolute atomic E-state index is 0.0549. The zero-order valence-electron chi connectivity index (χ0n) is 13.7. The van der Waals surface area contributed by atoms with Gasteiger partial charge in [0.25, 0.3) is 0 Å². The quantitative estimate of drug-likeness (QED) is 0.877. The first-order valence-electron chi connectivity index (χ1n) is 8.77. The molecule has 23 heavy (non-hydrogen) atoms. The van der Waals surface area contributed by atoms with Crippen LogP contribution in [-0.2, 0) is 4.74 Å². The van der Waals surface area contributed by atoms with Gasteiger partial charge < -0.3 is 20.3 Å². The van der Waals surface area contributed by atoms with E-state index in [2.05, 4.69) is 39.8 Å². The molecule has 0 saturated carbocycles. The van der Waals surface area contributed by atoms with Gasteiger partial charge in [-0.05, 0) is 44.2 Å². The molecule has 2 saturated heterocycles. The number of amides is 2. The number of rotatable bonds is 5. The van der Waals surface area contributed by atoms with Gasteiger partial charge in [0, 0.05) is 38.0 Å². The minimum atomic E-state index is -0.0549. The topological polar surface area (TPSA) is 53.6 Å². The molecule has 3 rings (SSSR count). The lowest BCUT2D eigenvalue weighted by molar-refractivity contribution is 0.0120. The number of carbonyl (C=O) groups is 1. The van der Waals surface area contributed by atoms with Crippen LogP contribution in [0.15, 0.2) is 30.3 Å². The molecule has 2 aliphatic rings. The number of hydrogen-bond donors (Lipinski definition) is 2. The number of ether oxygens (including phenoxy) is 1. The molecule has 1 aromatic rings. The summed E-state index contributed by atoms with van der Waals surface area (Å²) in [5.74, 6) is 0. The van der Waals surface area contributed by atoms with Crippen molar-refractivity contribution < 1.29 is 9.53 Å². The monoisotopic (exact) mass is 317 g/mol. The zero-order valence-corrected chi connectivity index (χ0v) is 13.7. The van der Waals surface area contributed by atoms with E-state index in [-0.39, 0.29) is 12.1 Å². The molecule has 5 nitrogen and oxygen atoms in total. The highest BCUT2D eigenvalue weighted by molar-refractivity contribution is 5.74. The molecule has 0 radical (unpaired) electrons. The van der Waals surface area contributed by atoms with E-state index in [1.165, 1.54) is 18.5 Å². The highest BCUT2D eigenvalue weighted by Gasteiger charge is 2.24. The number of nitrogens with one attached hydrogen (secondary N) is 2. The lowest BCUT2D eigenvalue weighted by Crippen LogP contribution is -2.44. The Morgan fingerprint density at radius 2 is 2.09 bits per heavy atom. The molecule has 2 fully saturated rings.